The highest BCUT2D eigenvalue weighted by molar-refractivity contribution is 5.71. The van der Waals surface area contributed by atoms with Crippen molar-refractivity contribution in [1.29, 1.82) is 0 Å². The number of carboxylic acids is 1. The molecule has 7 heteroatoms. The number of hydrogen-bond donors (Lipinski definition) is 1. The Morgan fingerprint density at radius 3 is 1.14 bits per heavy atom. The lowest BCUT2D eigenvalue weighted by Crippen LogP contribution is -2.73. The van der Waals surface area contributed by atoms with Gasteiger partial charge in [0.25, 0.3) is 0 Å². The van der Waals surface area contributed by atoms with Crippen LogP contribution in [-0.4, -0.2) is 17.0 Å². The number of nitrogens with zero attached hydrogens (tertiary/aromatic N) is 2. The van der Waals surface area contributed by atoms with Crippen LogP contribution >= 0.6 is 0 Å². The Morgan fingerprint density at radius 2 is 0.824 bits per heavy atom. The zero-order valence-electron chi connectivity index (χ0n) is 33.2. The minimum Gasteiger partial charge on any atom is -0.540 e. The van der Waals surface area contributed by atoms with E-state index in [1.165, 1.54) is 112 Å². The van der Waals surface area contributed by atoms with Crippen molar-refractivity contribution in [2.45, 2.75) is 213 Å². The summed E-state index contributed by atoms with van der Waals surface area (Å²) in [6.45, 7) is 8.91. The average Bonchev–Trinajstić information content (AvgIpc) is 3.12. The van der Waals surface area contributed by atoms with Crippen molar-refractivity contribution in [3.63, 3.8) is 0 Å². The van der Waals surface area contributed by atoms with Gasteiger partial charge in [-0.25, -0.2) is 0 Å². The second-order valence-electron chi connectivity index (χ2n) is 14.7. The Balaban J connectivity index is 2.33. The summed E-state index contributed by atoms with van der Waals surface area (Å²) in [6.07, 6.45) is 34.8. The van der Waals surface area contributed by atoms with Gasteiger partial charge in [0, 0.05) is 45.6 Å². The van der Waals surface area contributed by atoms with Crippen LogP contribution < -0.4 is 24.2 Å². The largest absolute Gasteiger partial charge is 0.540 e. The molecular weight excluding hydrogens is 636 g/mol. The predicted molar refractivity (Wildman–Crippen MR) is 205 cm³/mol. The van der Waals surface area contributed by atoms with Gasteiger partial charge in [-0.2, -0.15) is 9.68 Å². The van der Waals surface area contributed by atoms with Gasteiger partial charge in [-0.05, 0) is 50.7 Å². The number of aromatic nitrogens is 2. The van der Waals surface area contributed by atoms with Gasteiger partial charge in [0.05, 0.1) is 0 Å². The average molecular weight is 712 g/mol. The number of carbonyl (C=O) groups excluding carboxylic acids is 1. The molecule has 0 aliphatic carbocycles. The molecule has 0 unspecified atom stereocenters. The molecule has 2 rings (SSSR count). The predicted octanol–water partition coefficient (Wildman–Crippen LogP) is 8.83. The molecule has 0 aliphatic rings. The van der Waals surface area contributed by atoms with Gasteiger partial charge < -0.3 is 15.0 Å². The first-order valence-electron chi connectivity index (χ1n) is 21.3. The summed E-state index contributed by atoms with van der Waals surface area (Å²) in [4.78, 5) is 24.6. The van der Waals surface area contributed by atoms with Gasteiger partial charge in [0.15, 0.2) is 5.97 Å². The number of aliphatic carboxylic acids is 1. The van der Waals surface area contributed by atoms with E-state index in [0.29, 0.717) is 0 Å². The van der Waals surface area contributed by atoms with Crippen LogP contribution in [0.1, 0.15) is 204 Å². The highest BCUT2D eigenvalue weighted by atomic mass is 16.9. The van der Waals surface area contributed by atoms with Crippen LogP contribution in [0.25, 0.3) is 0 Å². The Bertz CT molecular complexity index is 1100. The summed E-state index contributed by atoms with van der Waals surface area (Å²) < 4.78 is 2.87. The van der Waals surface area contributed by atoms with Crippen LogP contribution in [0.15, 0.2) is 36.7 Å². The summed E-state index contributed by atoms with van der Waals surface area (Å²) in [5, 5.41) is 24.3. The fourth-order valence-corrected chi connectivity index (χ4v) is 6.99. The monoisotopic (exact) mass is 712 g/mol. The first-order valence-corrected chi connectivity index (χ1v) is 21.3. The quantitative estimate of drug-likeness (QED) is 0.0454. The smallest absolute Gasteiger partial charge is 0.527 e. The van der Waals surface area contributed by atoms with Gasteiger partial charge in [0.2, 0.25) is 23.8 Å². The number of pyridine rings is 2. The molecule has 0 aromatic carbocycles. The summed E-state index contributed by atoms with van der Waals surface area (Å²) in [7, 11) is 0. The molecule has 1 N–H and O–H groups in total. The molecule has 0 saturated heterocycles. The molecule has 0 amide bonds. The molecule has 51 heavy (non-hydrogen) atoms. The number of aliphatic hydroxyl groups is 1. The molecule has 0 bridgehead atoms. The van der Waals surface area contributed by atoms with Gasteiger partial charge in [0.1, 0.15) is 0 Å². The Morgan fingerprint density at radius 1 is 0.529 bits per heavy atom. The number of aryl methyl sites for hydroxylation is 2. The van der Waals surface area contributed by atoms with E-state index in [9.17, 15) is 15.0 Å². The van der Waals surface area contributed by atoms with Crippen molar-refractivity contribution >= 4 is 5.97 Å². The molecule has 0 radical (unpaired) electrons. The van der Waals surface area contributed by atoms with Crippen LogP contribution in [0.4, 0.5) is 0 Å². The van der Waals surface area contributed by atoms with E-state index in [1.54, 1.807) is 12.4 Å². The highest BCUT2D eigenvalue weighted by Crippen LogP contribution is 2.18. The molecular formula is C44H75N2O5+. The summed E-state index contributed by atoms with van der Waals surface area (Å²) in [5.74, 6) is -4.86. The zero-order chi connectivity index (χ0) is 37.0. The highest BCUT2D eigenvalue weighted by Gasteiger charge is 2.47. The topological polar surface area (TPSA) is 86.6 Å². The third-order valence-electron chi connectivity index (χ3n) is 10.1. The maximum atomic E-state index is 12.7. The Labute approximate surface area is 312 Å². The van der Waals surface area contributed by atoms with Crippen LogP contribution in [0.5, 0.6) is 0 Å². The molecule has 2 heterocycles. The van der Waals surface area contributed by atoms with Gasteiger partial charge in [-0.15, -0.1) is 0 Å². The summed E-state index contributed by atoms with van der Waals surface area (Å²) in [6, 6.07) is 7.95. The van der Waals surface area contributed by atoms with E-state index < -0.39 is 11.9 Å². The standard InChI is InChI=1S/C44H75N2O5/c1-5-9-13-17-21-25-31-39-33-29-37-45(41(39)35-27-23-19-15-11-7-3)50-44(49,43(47)48)51-46-38-30-34-40(32-26-22-18-14-10-6-2)42(46)36-28-24-20-16-12-8-4/h29-30,33-34,37-38,49H,5-28,31-32,35-36H2,1-4H3/q+1. The maximum absolute atomic E-state index is 12.7. The third kappa shape index (κ3) is 18.1. The lowest BCUT2D eigenvalue weighted by atomic mass is 10.0. The maximum Gasteiger partial charge on any atom is 0.527 e. The fraction of sp³-hybridized carbons (Fsp3) is 0.750. The molecule has 2 aromatic heterocycles. The summed E-state index contributed by atoms with van der Waals surface area (Å²) >= 11 is 0. The number of carbonyl (C=O) groups is 1. The van der Waals surface area contributed by atoms with Crippen molar-refractivity contribution in [2.24, 2.45) is 0 Å². The molecule has 290 valence electrons. The lowest BCUT2D eigenvalue weighted by molar-refractivity contribution is -0.993. The Kier molecular flexibility index (Phi) is 24.3. The van der Waals surface area contributed by atoms with Crippen molar-refractivity contribution in [3.05, 3.63) is 59.2 Å². The minimum atomic E-state index is -3.03. The summed E-state index contributed by atoms with van der Waals surface area (Å²) in [5.41, 5.74) is 4.03. The van der Waals surface area contributed by atoms with E-state index in [-0.39, 0.29) is 0 Å². The second kappa shape index (κ2) is 27.9. The van der Waals surface area contributed by atoms with Gasteiger partial charge >= 0.3 is 5.97 Å². The Hall–Kier alpha value is -2.67. The molecule has 0 spiro atoms. The SMILES string of the molecule is CCCCCCCCc1ccc[n+](OC(O)(O[n+]2cccc(CCCCCCCC)c2CCCCCCCC)C(=O)[O-])c1CCCCCCCC. The molecule has 7 nitrogen and oxygen atoms in total. The van der Waals surface area contributed by atoms with Crippen molar-refractivity contribution in [1.82, 2.24) is 0 Å². The molecule has 0 saturated carbocycles. The van der Waals surface area contributed by atoms with Crippen molar-refractivity contribution < 1.29 is 34.1 Å². The minimum absolute atomic E-state index is 0.728. The first-order chi connectivity index (χ1) is 24.9. The van der Waals surface area contributed by atoms with E-state index in [2.05, 4.69) is 39.8 Å². The second-order valence-corrected chi connectivity index (χ2v) is 14.7. The first kappa shape index (κ1) is 44.5. The van der Waals surface area contributed by atoms with Gasteiger partial charge in [-0.3, -0.25) is 0 Å². The van der Waals surface area contributed by atoms with E-state index in [1.807, 2.05) is 12.1 Å². The normalized spacial score (nSPS) is 11.6. The van der Waals surface area contributed by atoms with E-state index in [4.69, 9.17) is 9.68 Å². The third-order valence-corrected chi connectivity index (χ3v) is 10.1. The fourth-order valence-electron chi connectivity index (χ4n) is 6.99. The number of rotatable bonds is 33. The molecule has 0 fully saturated rings. The van der Waals surface area contributed by atoms with Gasteiger partial charge in [-0.1, -0.05) is 156 Å². The van der Waals surface area contributed by atoms with E-state index >= 15 is 0 Å². The molecule has 2 aromatic rings. The molecule has 0 aliphatic heterocycles. The van der Waals surface area contributed by atoms with Crippen molar-refractivity contribution in [3.8, 4) is 0 Å². The molecule has 0 atom stereocenters. The van der Waals surface area contributed by atoms with Crippen LogP contribution in [0.2, 0.25) is 0 Å². The number of unbranched alkanes of at least 4 members (excludes halogenated alkanes) is 20. The van der Waals surface area contributed by atoms with Crippen LogP contribution in [0.3, 0.4) is 0 Å². The lowest BCUT2D eigenvalue weighted by Gasteiger charge is -2.21. The van der Waals surface area contributed by atoms with Crippen LogP contribution in [-0.2, 0) is 30.5 Å². The van der Waals surface area contributed by atoms with Crippen LogP contribution in [0, 0.1) is 0 Å². The number of carboxylic acid groups (broad SMARTS) is 1. The van der Waals surface area contributed by atoms with Crippen molar-refractivity contribution in [2.75, 3.05) is 0 Å². The zero-order valence-corrected chi connectivity index (χ0v) is 33.2. The number of hydrogen-bond acceptors (Lipinski definition) is 5. The van der Waals surface area contributed by atoms with E-state index in [0.717, 1.165) is 99.6 Å².